The number of rotatable bonds is 0. The first-order chi connectivity index (χ1) is 5.77. The Labute approximate surface area is 78.8 Å². The molecule has 0 bridgehead atoms. The highest BCUT2D eigenvalue weighted by atomic mass is 35.5. The van der Waals surface area contributed by atoms with Crippen molar-refractivity contribution in [1.82, 2.24) is 10.3 Å². The van der Waals surface area contributed by atoms with Gasteiger partial charge >= 0.3 is 0 Å². The summed E-state index contributed by atoms with van der Waals surface area (Å²) in [6.45, 7) is 0.736. The Morgan fingerprint density at radius 1 is 1.58 bits per heavy atom. The molecule has 0 saturated heterocycles. The number of thiazole rings is 1. The molecule has 5 heteroatoms. The Morgan fingerprint density at radius 2 is 2.42 bits per heavy atom. The second-order valence-electron chi connectivity index (χ2n) is 2.60. The predicted octanol–water partition coefficient (Wildman–Crippen LogP) is 1.47. The molecule has 1 aliphatic heterocycles. The lowest BCUT2D eigenvalue weighted by Gasteiger charge is -1.95. The summed E-state index contributed by atoms with van der Waals surface area (Å²) in [5.41, 5.74) is 0.847. The van der Waals surface area contributed by atoms with Crippen LogP contribution < -0.4 is 5.32 Å². The van der Waals surface area contributed by atoms with Gasteiger partial charge in [-0.25, -0.2) is 4.98 Å². The van der Waals surface area contributed by atoms with Crippen LogP contribution in [0.3, 0.4) is 0 Å². The monoisotopic (exact) mass is 202 g/mol. The van der Waals surface area contributed by atoms with Crippen molar-refractivity contribution in [2.45, 2.75) is 12.8 Å². The largest absolute Gasteiger partial charge is 0.351 e. The van der Waals surface area contributed by atoms with Gasteiger partial charge in [0.05, 0.1) is 5.69 Å². The second kappa shape index (κ2) is 3.03. The van der Waals surface area contributed by atoms with Gasteiger partial charge in [0.25, 0.3) is 5.91 Å². The van der Waals surface area contributed by atoms with Crippen molar-refractivity contribution in [2.75, 3.05) is 6.54 Å². The van der Waals surface area contributed by atoms with Crippen molar-refractivity contribution in [2.24, 2.45) is 0 Å². The summed E-state index contributed by atoms with van der Waals surface area (Å²) in [7, 11) is 0. The number of carbonyl (C=O) groups excluding carboxylic acids is 1. The third-order valence-electron chi connectivity index (χ3n) is 1.75. The van der Waals surface area contributed by atoms with E-state index < -0.39 is 0 Å². The highest BCUT2D eigenvalue weighted by Crippen LogP contribution is 2.24. The number of aromatic nitrogens is 1. The average molecular weight is 203 g/mol. The summed E-state index contributed by atoms with van der Waals surface area (Å²) in [6, 6.07) is 0. The van der Waals surface area contributed by atoms with Crippen molar-refractivity contribution in [3.8, 4) is 0 Å². The fourth-order valence-electron chi connectivity index (χ4n) is 1.21. The minimum atomic E-state index is -0.0353. The molecule has 12 heavy (non-hydrogen) atoms. The number of halogens is 1. The molecule has 0 unspecified atom stereocenters. The van der Waals surface area contributed by atoms with Crippen LogP contribution in [-0.4, -0.2) is 17.4 Å². The van der Waals surface area contributed by atoms with Gasteiger partial charge in [-0.2, -0.15) is 0 Å². The molecule has 1 aliphatic rings. The van der Waals surface area contributed by atoms with Gasteiger partial charge in [-0.15, -0.1) is 0 Å². The van der Waals surface area contributed by atoms with E-state index in [0.29, 0.717) is 9.34 Å². The van der Waals surface area contributed by atoms with Gasteiger partial charge in [-0.1, -0.05) is 22.9 Å². The molecule has 0 aliphatic carbocycles. The molecule has 1 aromatic heterocycles. The maximum atomic E-state index is 11.3. The minimum Gasteiger partial charge on any atom is -0.351 e. The quantitative estimate of drug-likeness (QED) is 0.693. The van der Waals surface area contributed by atoms with E-state index in [1.807, 2.05) is 0 Å². The molecule has 3 nitrogen and oxygen atoms in total. The van der Waals surface area contributed by atoms with E-state index in [1.165, 1.54) is 11.3 Å². The van der Waals surface area contributed by atoms with Crippen LogP contribution in [0.5, 0.6) is 0 Å². The fourth-order valence-corrected chi connectivity index (χ4v) is 2.30. The first-order valence-electron chi connectivity index (χ1n) is 3.71. The Hall–Kier alpha value is -0.610. The third-order valence-corrected chi connectivity index (χ3v) is 2.95. The Morgan fingerprint density at radius 3 is 3.25 bits per heavy atom. The van der Waals surface area contributed by atoms with Crippen LogP contribution in [0.15, 0.2) is 0 Å². The number of fused-ring (bicyclic) bond motifs is 1. The standard InChI is InChI=1S/C7H7ClN2OS/c8-7-10-4-2-1-3-9-6(11)5(4)12-7/h1-3H2,(H,9,11). The van der Waals surface area contributed by atoms with Crippen LogP contribution in [0, 0.1) is 0 Å². The number of nitrogens with one attached hydrogen (secondary N) is 1. The summed E-state index contributed by atoms with van der Waals surface area (Å²) in [4.78, 5) is 16.1. The molecule has 1 amide bonds. The highest BCUT2D eigenvalue weighted by molar-refractivity contribution is 7.17. The van der Waals surface area contributed by atoms with Gasteiger partial charge in [0.1, 0.15) is 4.88 Å². The zero-order chi connectivity index (χ0) is 8.55. The molecule has 0 spiro atoms. The molecular formula is C7H7ClN2OS. The van der Waals surface area contributed by atoms with Gasteiger partial charge in [0.2, 0.25) is 0 Å². The van der Waals surface area contributed by atoms with E-state index in [9.17, 15) is 4.79 Å². The van der Waals surface area contributed by atoms with E-state index in [2.05, 4.69) is 10.3 Å². The van der Waals surface area contributed by atoms with E-state index in [-0.39, 0.29) is 5.91 Å². The minimum absolute atomic E-state index is 0.0353. The van der Waals surface area contributed by atoms with Gasteiger partial charge in [0.15, 0.2) is 4.47 Å². The topological polar surface area (TPSA) is 42.0 Å². The van der Waals surface area contributed by atoms with E-state index in [4.69, 9.17) is 11.6 Å². The molecule has 0 aromatic carbocycles. The Bertz CT molecular complexity index is 323. The summed E-state index contributed by atoms with van der Waals surface area (Å²) < 4.78 is 0.456. The highest BCUT2D eigenvalue weighted by Gasteiger charge is 2.19. The zero-order valence-corrected chi connectivity index (χ0v) is 7.84. The molecule has 1 aromatic rings. The zero-order valence-electron chi connectivity index (χ0n) is 6.26. The maximum absolute atomic E-state index is 11.3. The molecule has 0 atom stereocenters. The van der Waals surface area contributed by atoms with Gasteiger partial charge < -0.3 is 5.32 Å². The molecule has 0 fully saturated rings. The van der Waals surface area contributed by atoms with Crippen LogP contribution in [0.1, 0.15) is 21.8 Å². The Kier molecular flexibility index (Phi) is 2.02. The van der Waals surface area contributed by atoms with Crippen LogP contribution in [0.25, 0.3) is 0 Å². The molecule has 2 rings (SSSR count). The third kappa shape index (κ3) is 1.32. The summed E-state index contributed by atoms with van der Waals surface area (Å²) >= 11 is 6.95. The van der Waals surface area contributed by atoms with Crippen molar-refractivity contribution in [3.63, 3.8) is 0 Å². The SMILES string of the molecule is O=C1NCCCc2nc(Cl)sc21. The first kappa shape index (κ1) is 8.01. The van der Waals surface area contributed by atoms with E-state index >= 15 is 0 Å². The van der Waals surface area contributed by atoms with Crippen LogP contribution in [0.2, 0.25) is 4.47 Å². The number of aryl methyl sites for hydroxylation is 1. The van der Waals surface area contributed by atoms with Crippen LogP contribution in [0.4, 0.5) is 0 Å². The fraction of sp³-hybridized carbons (Fsp3) is 0.429. The normalized spacial score (nSPS) is 16.6. The van der Waals surface area contributed by atoms with Gasteiger partial charge in [-0.3, -0.25) is 4.79 Å². The van der Waals surface area contributed by atoms with Crippen molar-refractivity contribution < 1.29 is 4.79 Å². The lowest BCUT2D eigenvalue weighted by Crippen LogP contribution is -2.21. The molecule has 64 valence electrons. The van der Waals surface area contributed by atoms with Crippen molar-refractivity contribution in [3.05, 3.63) is 15.0 Å². The average Bonchev–Trinajstić information content (AvgIpc) is 2.33. The van der Waals surface area contributed by atoms with Crippen LogP contribution >= 0.6 is 22.9 Å². The van der Waals surface area contributed by atoms with E-state index in [0.717, 1.165) is 25.1 Å². The van der Waals surface area contributed by atoms with Crippen molar-refractivity contribution in [1.29, 1.82) is 0 Å². The number of nitrogens with zero attached hydrogens (tertiary/aromatic N) is 1. The molecular weight excluding hydrogens is 196 g/mol. The van der Waals surface area contributed by atoms with Crippen molar-refractivity contribution >= 4 is 28.8 Å². The smallest absolute Gasteiger partial charge is 0.263 e. The lowest BCUT2D eigenvalue weighted by atomic mass is 10.2. The predicted molar refractivity (Wildman–Crippen MR) is 47.8 cm³/mol. The molecule has 2 heterocycles. The molecule has 1 N–H and O–H groups in total. The van der Waals surface area contributed by atoms with Crippen LogP contribution in [-0.2, 0) is 6.42 Å². The Balaban J connectivity index is 2.44. The second-order valence-corrected chi connectivity index (χ2v) is 4.18. The molecule has 0 radical (unpaired) electrons. The van der Waals surface area contributed by atoms with E-state index in [1.54, 1.807) is 0 Å². The number of amides is 1. The maximum Gasteiger partial charge on any atom is 0.263 e. The van der Waals surface area contributed by atoms with Gasteiger partial charge in [0, 0.05) is 6.54 Å². The first-order valence-corrected chi connectivity index (χ1v) is 4.90. The summed E-state index contributed by atoms with van der Waals surface area (Å²) in [6.07, 6.45) is 1.79. The molecule has 0 saturated carbocycles. The lowest BCUT2D eigenvalue weighted by molar-refractivity contribution is 0.0960. The number of hydrogen-bond acceptors (Lipinski definition) is 3. The number of hydrogen-bond donors (Lipinski definition) is 1. The van der Waals surface area contributed by atoms with Gasteiger partial charge in [-0.05, 0) is 12.8 Å². The summed E-state index contributed by atoms with van der Waals surface area (Å²) in [5.74, 6) is -0.0353. The number of carbonyl (C=O) groups is 1. The summed E-state index contributed by atoms with van der Waals surface area (Å²) in [5, 5.41) is 2.79.